The summed E-state index contributed by atoms with van der Waals surface area (Å²) in [5.41, 5.74) is -1.07. The van der Waals surface area contributed by atoms with Crippen molar-refractivity contribution in [2.45, 2.75) is 44.1 Å². The van der Waals surface area contributed by atoms with E-state index in [9.17, 15) is 14.7 Å². The van der Waals surface area contributed by atoms with E-state index in [-0.39, 0.29) is 18.6 Å². The lowest BCUT2D eigenvalue weighted by atomic mass is 10.2. The van der Waals surface area contributed by atoms with Crippen LogP contribution in [0, 0.1) is 18.8 Å². The van der Waals surface area contributed by atoms with Crippen molar-refractivity contribution < 1.29 is 14.9 Å². The van der Waals surface area contributed by atoms with E-state index >= 15 is 0 Å². The van der Waals surface area contributed by atoms with E-state index < -0.39 is 29.7 Å². The van der Waals surface area contributed by atoms with Crippen LogP contribution in [0.1, 0.15) is 37.5 Å². The van der Waals surface area contributed by atoms with Gasteiger partial charge in [-0.1, -0.05) is 11.8 Å². The summed E-state index contributed by atoms with van der Waals surface area (Å²) in [4.78, 5) is 25.7. The summed E-state index contributed by atoms with van der Waals surface area (Å²) >= 11 is 0. The number of aromatic amines is 1. The molecule has 1 fully saturated rings. The monoisotopic (exact) mass is 306 g/mol. The molecule has 3 atom stereocenters. The second-order valence-electron chi connectivity index (χ2n) is 5.05. The molecule has 2 heterocycles. The molecule has 1 aliphatic heterocycles. The average molecular weight is 306 g/mol. The van der Waals surface area contributed by atoms with Crippen LogP contribution in [0.15, 0.2) is 15.8 Å². The summed E-state index contributed by atoms with van der Waals surface area (Å²) < 4.78 is 6.46. The number of hydrogen-bond donors (Lipinski definition) is 3. The molecule has 118 valence electrons. The van der Waals surface area contributed by atoms with Gasteiger partial charge < -0.3 is 14.9 Å². The molecular weight excluding hydrogens is 288 g/mol. The fourth-order valence-corrected chi connectivity index (χ4v) is 2.12. The maximum absolute atomic E-state index is 11.8. The molecular formula is C15H18N2O5. The van der Waals surface area contributed by atoms with E-state index in [2.05, 4.69) is 16.8 Å². The molecule has 0 bridgehead atoms. The van der Waals surface area contributed by atoms with Crippen molar-refractivity contribution in [2.24, 2.45) is 0 Å². The van der Waals surface area contributed by atoms with Crippen LogP contribution in [0.5, 0.6) is 0 Å². The average Bonchev–Trinajstić information content (AvgIpc) is 2.80. The molecule has 1 unspecified atom stereocenters. The van der Waals surface area contributed by atoms with Gasteiger partial charge in [-0.2, -0.15) is 0 Å². The zero-order valence-corrected chi connectivity index (χ0v) is 12.0. The predicted molar refractivity (Wildman–Crippen MR) is 78.0 cm³/mol. The minimum absolute atomic E-state index is 0.106. The Balaban J connectivity index is 2.20. The molecule has 2 rings (SSSR count). The third-order valence-corrected chi connectivity index (χ3v) is 3.35. The van der Waals surface area contributed by atoms with Crippen LogP contribution < -0.4 is 11.2 Å². The van der Waals surface area contributed by atoms with Gasteiger partial charge in [0.15, 0.2) is 0 Å². The molecule has 1 aromatic heterocycles. The van der Waals surface area contributed by atoms with E-state index in [1.54, 1.807) is 0 Å². The number of H-pyrrole nitrogens is 1. The topological polar surface area (TPSA) is 105 Å². The van der Waals surface area contributed by atoms with E-state index in [0.717, 1.165) is 6.42 Å². The van der Waals surface area contributed by atoms with Gasteiger partial charge in [0.05, 0.1) is 12.2 Å². The van der Waals surface area contributed by atoms with E-state index in [1.165, 1.54) is 10.8 Å². The Morgan fingerprint density at radius 2 is 2.23 bits per heavy atom. The lowest BCUT2D eigenvalue weighted by Crippen LogP contribution is -2.33. The lowest BCUT2D eigenvalue weighted by molar-refractivity contribution is 0.00330. The van der Waals surface area contributed by atoms with Crippen molar-refractivity contribution in [1.82, 2.24) is 9.55 Å². The second kappa shape index (κ2) is 7.40. The van der Waals surface area contributed by atoms with E-state index in [1.807, 2.05) is 0 Å². The Morgan fingerprint density at radius 3 is 2.86 bits per heavy atom. The molecule has 7 nitrogen and oxygen atoms in total. The number of aliphatic hydroxyl groups excluding tert-OH is 2. The summed E-state index contributed by atoms with van der Waals surface area (Å²) in [5, 5.41) is 18.3. The SMILES string of the molecule is [CH][C@H]1O[C@@H](n2cc(C#CCCCCO)c(=O)[nH]c2=O)CC1O. The highest BCUT2D eigenvalue weighted by Gasteiger charge is 2.32. The molecule has 1 aromatic rings. The summed E-state index contributed by atoms with van der Waals surface area (Å²) in [5.74, 6) is 5.52. The normalized spacial score (nSPS) is 24.0. The molecule has 1 aliphatic rings. The Kier molecular flexibility index (Phi) is 5.55. The Morgan fingerprint density at radius 1 is 1.45 bits per heavy atom. The van der Waals surface area contributed by atoms with Gasteiger partial charge in [-0.3, -0.25) is 14.3 Å². The molecule has 0 amide bonds. The minimum Gasteiger partial charge on any atom is -0.396 e. The maximum atomic E-state index is 11.8. The highest BCUT2D eigenvalue weighted by Crippen LogP contribution is 2.26. The Hall–Kier alpha value is -1.88. The summed E-state index contributed by atoms with van der Waals surface area (Å²) in [6, 6.07) is 0. The van der Waals surface area contributed by atoms with Gasteiger partial charge in [-0.25, -0.2) is 4.79 Å². The first-order valence-corrected chi connectivity index (χ1v) is 7.07. The zero-order chi connectivity index (χ0) is 16.1. The molecule has 0 aromatic carbocycles. The molecule has 0 saturated carbocycles. The Labute approximate surface area is 127 Å². The van der Waals surface area contributed by atoms with Crippen LogP contribution in [0.2, 0.25) is 0 Å². The first-order valence-electron chi connectivity index (χ1n) is 7.07. The minimum atomic E-state index is -0.864. The molecule has 0 spiro atoms. The number of aliphatic hydroxyl groups is 2. The molecule has 7 heteroatoms. The van der Waals surface area contributed by atoms with Crippen LogP contribution in [0.25, 0.3) is 0 Å². The van der Waals surface area contributed by atoms with E-state index in [4.69, 9.17) is 16.8 Å². The fourth-order valence-electron chi connectivity index (χ4n) is 2.12. The van der Waals surface area contributed by atoms with Crippen molar-refractivity contribution in [3.05, 3.63) is 39.5 Å². The number of unbranched alkanes of at least 4 members (excludes halogenated alkanes) is 2. The van der Waals surface area contributed by atoms with Gasteiger partial charge in [0.2, 0.25) is 0 Å². The van der Waals surface area contributed by atoms with Crippen LogP contribution in [0.3, 0.4) is 0 Å². The van der Waals surface area contributed by atoms with Gasteiger partial charge in [-0.05, 0) is 19.8 Å². The van der Waals surface area contributed by atoms with Gasteiger partial charge in [0, 0.05) is 25.6 Å². The van der Waals surface area contributed by atoms with Crippen molar-refractivity contribution in [2.75, 3.05) is 6.61 Å². The zero-order valence-electron chi connectivity index (χ0n) is 12.0. The highest BCUT2D eigenvalue weighted by molar-refractivity contribution is 5.29. The van der Waals surface area contributed by atoms with Gasteiger partial charge >= 0.3 is 5.69 Å². The van der Waals surface area contributed by atoms with Crippen molar-refractivity contribution >= 4 is 0 Å². The van der Waals surface area contributed by atoms with Crippen LogP contribution in [0.4, 0.5) is 0 Å². The van der Waals surface area contributed by atoms with Gasteiger partial charge in [0.1, 0.15) is 11.8 Å². The standard InChI is InChI=1S/C15H18N2O5/c1-10-12(19)8-13(22-10)17-9-11(14(20)16-15(17)21)6-4-2-3-5-7-18/h1,9-10,12-13,18-19H,2-3,5,7-8H2,(H,16,20,21)/t10-,12?,13-/m1/s1. The van der Waals surface area contributed by atoms with Gasteiger partial charge in [-0.15, -0.1) is 0 Å². The summed E-state index contributed by atoms with van der Waals surface area (Å²) in [7, 11) is 0. The lowest BCUT2D eigenvalue weighted by Gasteiger charge is -2.13. The van der Waals surface area contributed by atoms with Crippen molar-refractivity contribution in [3.63, 3.8) is 0 Å². The molecule has 1 saturated heterocycles. The predicted octanol–water partition coefficient (Wildman–Crippen LogP) is -0.590. The number of ether oxygens (including phenoxy) is 1. The molecule has 22 heavy (non-hydrogen) atoms. The molecule has 0 aliphatic carbocycles. The highest BCUT2D eigenvalue weighted by atomic mass is 16.5. The van der Waals surface area contributed by atoms with E-state index in [0.29, 0.717) is 12.8 Å². The van der Waals surface area contributed by atoms with Crippen molar-refractivity contribution in [3.8, 4) is 11.8 Å². The smallest absolute Gasteiger partial charge is 0.330 e. The maximum Gasteiger partial charge on any atom is 0.330 e. The largest absolute Gasteiger partial charge is 0.396 e. The van der Waals surface area contributed by atoms with Gasteiger partial charge in [0.25, 0.3) is 5.56 Å². The molecule has 2 radical (unpaired) electrons. The van der Waals surface area contributed by atoms with Crippen LogP contribution in [-0.4, -0.2) is 38.6 Å². The number of aromatic nitrogens is 2. The first kappa shape index (κ1) is 16.5. The number of nitrogens with one attached hydrogen (secondary N) is 1. The number of hydrogen-bond acceptors (Lipinski definition) is 5. The Bertz CT molecular complexity index is 672. The number of rotatable bonds is 4. The quantitative estimate of drug-likeness (QED) is 0.509. The summed E-state index contributed by atoms with van der Waals surface area (Å²) in [6.07, 6.45) is 0.941. The number of nitrogens with zero attached hydrogens (tertiary/aromatic N) is 1. The third-order valence-electron chi connectivity index (χ3n) is 3.35. The van der Waals surface area contributed by atoms with Crippen LogP contribution >= 0.6 is 0 Å². The van der Waals surface area contributed by atoms with Crippen molar-refractivity contribution in [1.29, 1.82) is 0 Å². The third kappa shape index (κ3) is 3.85. The fraction of sp³-hybridized carbons (Fsp3) is 0.533. The first-order chi connectivity index (χ1) is 10.5. The second-order valence-corrected chi connectivity index (χ2v) is 5.05. The van der Waals surface area contributed by atoms with Crippen LogP contribution in [-0.2, 0) is 4.74 Å². The molecule has 3 N–H and O–H groups in total. The summed E-state index contributed by atoms with van der Waals surface area (Å²) in [6.45, 7) is 5.65.